The molecule has 0 saturated heterocycles. The van der Waals surface area contributed by atoms with Gasteiger partial charge >= 0.3 is 0 Å². The first kappa shape index (κ1) is 17.5. The number of benzene rings is 1. The van der Waals surface area contributed by atoms with E-state index >= 15 is 0 Å². The first-order chi connectivity index (χ1) is 11.3. The highest BCUT2D eigenvalue weighted by molar-refractivity contribution is 7.91. The van der Waals surface area contributed by atoms with Crippen molar-refractivity contribution in [1.82, 2.24) is 5.32 Å². The van der Waals surface area contributed by atoms with Crippen LogP contribution in [-0.2, 0) is 14.6 Å². The Morgan fingerprint density at radius 3 is 2.17 bits per heavy atom. The first-order valence-corrected chi connectivity index (χ1v) is 10.8. The van der Waals surface area contributed by atoms with Gasteiger partial charge in [-0.15, -0.1) is 0 Å². The van der Waals surface area contributed by atoms with Gasteiger partial charge in [-0.05, 0) is 44.1 Å². The van der Waals surface area contributed by atoms with Gasteiger partial charge in [-0.3, -0.25) is 4.79 Å². The molecule has 0 spiro atoms. The van der Waals surface area contributed by atoms with Crippen molar-refractivity contribution in [3.8, 4) is 0 Å². The maximum absolute atomic E-state index is 12.7. The molecule has 2 saturated carbocycles. The molecule has 0 heterocycles. The lowest BCUT2D eigenvalue weighted by Gasteiger charge is -2.25. The van der Waals surface area contributed by atoms with Crippen LogP contribution in [-0.4, -0.2) is 25.8 Å². The zero-order valence-electron chi connectivity index (χ0n) is 14.7. The Hall–Kier alpha value is -1.36. The maximum Gasteiger partial charge on any atom is 0.224 e. The zero-order chi connectivity index (χ0) is 17.5. The van der Waals surface area contributed by atoms with Gasteiger partial charge in [0.2, 0.25) is 5.91 Å². The van der Waals surface area contributed by atoms with E-state index in [2.05, 4.69) is 5.32 Å². The average Bonchev–Trinajstić information content (AvgIpc) is 3.26. The number of nitrogens with one attached hydrogen (secondary N) is 1. The second kappa shape index (κ2) is 6.51. The van der Waals surface area contributed by atoms with Crippen LogP contribution in [0.25, 0.3) is 0 Å². The smallest absolute Gasteiger partial charge is 0.224 e. The van der Waals surface area contributed by atoms with Crippen molar-refractivity contribution in [3.05, 3.63) is 35.4 Å². The highest BCUT2D eigenvalue weighted by atomic mass is 32.2. The molecule has 4 nitrogen and oxygen atoms in total. The predicted octanol–water partition coefficient (Wildman–Crippen LogP) is 3.02. The molecule has 2 aliphatic carbocycles. The van der Waals surface area contributed by atoms with Crippen molar-refractivity contribution in [2.24, 2.45) is 17.8 Å². The van der Waals surface area contributed by atoms with Crippen LogP contribution < -0.4 is 5.32 Å². The molecule has 5 heteroatoms. The molecule has 1 amide bonds. The van der Waals surface area contributed by atoms with Gasteiger partial charge in [-0.2, -0.15) is 0 Å². The lowest BCUT2D eigenvalue weighted by atomic mass is 10.0. The van der Waals surface area contributed by atoms with E-state index < -0.39 is 21.1 Å². The van der Waals surface area contributed by atoms with Gasteiger partial charge in [0.25, 0.3) is 0 Å². The Balaban J connectivity index is 1.80. The molecule has 0 bridgehead atoms. The number of hydrogen-bond donors (Lipinski definition) is 1. The summed E-state index contributed by atoms with van der Waals surface area (Å²) in [5, 5.41) is 2.41. The third-order valence-electron chi connectivity index (χ3n) is 5.84. The second-order valence-corrected chi connectivity index (χ2v) is 9.97. The molecule has 132 valence electrons. The summed E-state index contributed by atoms with van der Waals surface area (Å²) in [6, 6.07) is 7.26. The van der Waals surface area contributed by atoms with E-state index in [1.807, 2.05) is 31.2 Å². The first-order valence-electron chi connectivity index (χ1n) is 8.85. The SMILES string of the molecule is Cc1ccc([C@H](NC(=O)C2[C@@H]3CCCC[C@@H]23)[C@@H](C)S(C)(=O)=O)cc1. The number of rotatable bonds is 5. The van der Waals surface area contributed by atoms with Gasteiger partial charge in [-0.25, -0.2) is 8.42 Å². The maximum atomic E-state index is 12.7. The number of sulfone groups is 1. The fourth-order valence-corrected chi connectivity index (χ4v) is 4.84. The van der Waals surface area contributed by atoms with Gasteiger partial charge in [0.15, 0.2) is 9.84 Å². The summed E-state index contributed by atoms with van der Waals surface area (Å²) in [6.45, 7) is 3.67. The topological polar surface area (TPSA) is 63.2 Å². The molecule has 0 aliphatic heterocycles. The van der Waals surface area contributed by atoms with Crippen LogP contribution in [0.2, 0.25) is 0 Å². The van der Waals surface area contributed by atoms with Crippen LogP contribution in [0.5, 0.6) is 0 Å². The predicted molar refractivity (Wildman–Crippen MR) is 95.3 cm³/mol. The fourth-order valence-electron chi connectivity index (χ4n) is 4.12. The molecule has 1 aromatic carbocycles. The summed E-state index contributed by atoms with van der Waals surface area (Å²) < 4.78 is 24.2. The minimum absolute atomic E-state index is 0.0352. The van der Waals surface area contributed by atoms with E-state index in [0.717, 1.165) is 24.0 Å². The molecule has 0 aromatic heterocycles. The molecular formula is C19H27NO3S. The number of amides is 1. The van der Waals surface area contributed by atoms with E-state index in [1.165, 1.54) is 19.1 Å². The quantitative estimate of drug-likeness (QED) is 0.889. The number of fused-ring (bicyclic) bond motifs is 1. The molecule has 24 heavy (non-hydrogen) atoms. The van der Waals surface area contributed by atoms with E-state index in [0.29, 0.717) is 11.8 Å². The van der Waals surface area contributed by atoms with E-state index in [4.69, 9.17) is 0 Å². The Bertz CT molecular complexity index is 699. The highest BCUT2D eigenvalue weighted by Gasteiger charge is 2.55. The Labute approximate surface area is 145 Å². The average molecular weight is 349 g/mol. The summed E-state index contributed by atoms with van der Waals surface area (Å²) in [6.07, 6.45) is 5.94. The van der Waals surface area contributed by atoms with Crippen molar-refractivity contribution in [1.29, 1.82) is 0 Å². The third-order valence-corrected chi connectivity index (χ3v) is 7.46. The monoisotopic (exact) mass is 349 g/mol. The van der Waals surface area contributed by atoms with Crippen molar-refractivity contribution < 1.29 is 13.2 Å². The zero-order valence-corrected chi connectivity index (χ0v) is 15.5. The lowest BCUT2D eigenvalue weighted by molar-refractivity contribution is -0.123. The Kier molecular flexibility index (Phi) is 4.73. The molecule has 0 unspecified atom stereocenters. The van der Waals surface area contributed by atoms with E-state index in [-0.39, 0.29) is 11.8 Å². The second-order valence-electron chi connectivity index (χ2n) is 7.57. The number of carbonyl (C=O) groups excluding carboxylic acids is 1. The van der Waals surface area contributed by atoms with Crippen LogP contribution in [0.4, 0.5) is 0 Å². The normalized spacial score (nSPS) is 28.5. The Morgan fingerprint density at radius 1 is 1.12 bits per heavy atom. The van der Waals surface area contributed by atoms with Crippen molar-refractivity contribution in [2.75, 3.05) is 6.26 Å². The van der Waals surface area contributed by atoms with Crippen LogP contribution >= 0.6 is 0 Å². The molecular weight excluding hydrogens is 322 g/mol. The van der Waals surface area contributed by atoms with Gasteiger partial charge in [0.05, 0.1) is 11.3 Å². The standard InChI is InChI=1S/C19H27NO3S/c1-12-8-10-14(11-9-12)18(13(2)24(3,22)23)20-19(21)17-15-6-4-5-7-16(15)17/h8-11,13,15-18H,4-7H2,1-3H3,(H,20,21)/t13-,15-,16-,18-/m1/s1. The number of hydrogen-bond acceptors (Lipinski definition) is 3. The lowest BCUT2D eigenvalue weighted by Crippen LogP contribution is -2.39. The summed E-state index contributed by atoms with van der Waals surface area (Å²) >= 11 is 0. The van der Waals surface area contributed by atoms with E-state index in [1.54, 1.807) is 6.92 Å². The summed E-state index contributed by atoms with van der Waals surface area (Å²) in [7, 11) is -3.25. The largest absolute Gasteiger partial charge is 0.348 e. The summed E-state index contributed by atoms with van der Waals surface area (Å²) in [5.41, 5.74) is 1.97. The Morgan fingerprint density at radius 2 is 1.67 bits per heavy atom. The van der Waals surface area contributed by atoms with Crippen LogP contribution in [0.15, 0.2) is 24.3 Å². The highest BCUT2D eigenvalue weighted by Crippen LogP contribution is 2.55. The van der Waals surface area contributed by atoms with Crippen molar-refractivity contribution >= 4 is 15.7 Å². The molecule has 2 fully saturated rings. The van der Waals surface area contributed by atoms with E-state index in [9.17, 15) is 13.2 Å². The van der Waals surface area contributed by atoms with Gasteiger partial charge in [-0.1, -0.05) is 42.7 Å². The third kappa shape index (κ3) is 3.51. The number of carbonyl (C=O) groups is 1. The van der Waals surface area contributed by atoms with Crippen molar-refractivity contribution in [3.63, 3.8) is 0 Å². The molecule has 1 aromatic rings. The van der Waals surface area contributed by atoms with Crippen LogP contribution in [0.3, 0.4) is 0 Å². The summed E-state index contributed by atoms with van der Waals surface area (Å²) in [5.74, 6) is 1.16. The molecule has 2 aliphatic rings. The summed E-state index contributed by atoms with van der Waals surface area (Å²) in [4.78, 5) is 12.7. The fraction of sp³-hybridized carbons (Fsp3) is 0.632. The van der Waals surface area contributed by atoms with Crippen LogP contribution in [0, 0.1) is 24.7 Å². The van der Waals surface area contributed by atoms with Gasteiger partial charge in [0.1, 0.15) is 0 Å². The van der Waals surface area contributed by atoms with Crippen LogP contribution in [0.1, 0.15) is 49.8 Å². The minimum atomic E-state index is -3.25. The molecule has 4 atom stereocenters. The van der Waals surface area contributed by atoms with Crippen molar-refractivity contribution in [2.45, 2.75) is 50.8 Å². The molecule has 1 N–H and O–H groups in total. The molecule has 0 radical (unpaired) electrons. The van der Waals surface area contributed by atoms with Gasteiger partial charge < -0.3 is 5.32 Å². The van der Waals surface area contributed by atoms with Gasteiger partial charge in [0, 0.05) is 12.2 Å². The number of aryl methyl sites for hydroxylation is 1. The minimum Gasteiger partial charge on any atom is -0.348 e. The molecule has 3 rings (SSSR count).